The number of carboxylic acids is 1. The highest BCUT2D eigenvalue weighted by Crippen LogP contribution is 2.22. The minimum atomic E-state index is -5.08. The second-order valence-electron chi connectivity index (χ2n) is 10.5. The topological polar surface area (TPSA) is 195 Å². The monoisotopic (exact) mass is 802 g/mol. The number of hydrogen-bond acceptors (Lipinski definition) is 11. The largest absolute Gasteiger partial charge is 0.497 e. The van der Waals surface area contributed by atoms with E-state index in [1.165, 1.54) is 27.4 Å². The van der Waals surface area contributed by atoms with Crippen LogP contribution in [0.15, 0.2) is 83.1 Å². The highest BCUT2D eigenvalue weighted by atomic mass is 32.2. The molecule has 0 aliphatic heterocycles. The van der Waals surface area contributed by atoms with E-state index in [4.69, 9.17) is 41.0 Å². The Labute approximate surface area is 324 Å². The number of aliphatic carboxylic acids is 1. The van der Waals surface area contributed by atoms with Crippen molar-refractivity contribution in [1.82, 2.24) is 33.7 Å². The fraction of sp³-hybridized carbons (Fsp3) is 0.406. The van der Waals surface area contributed by atoms with Crippen LogP contribution in [0.25, 0.3) is 0 Å². The molecule has 16 nitrogen and oxygen atoms in total. The predicted octanol–water partition coefficient (Wildman–Crippen LogP) is 2.58. The maximum atomic E-state index is 13.7. The Morgan fingerprint density at radius 3 is 1.47 bits per heavy atom. The van der Waals surface area contributed by atoms with Gasteiger partial charge in [0, 0.05) is 55.0 Å². The number of halogens is 3. The number of nitrogens with two attached hydrogens (primary N) is 1. The van der Waals surface area contributed by atoms with E-state index in [-0.39, 0.29) is 49.3 Å². The van der Waals surface area contributed by atoms with Crippen molar-refractivity contribution in [3.63, 3.8) is 0 Å². The summed E-state index contributed by atoms with van der Waals surface area (Å²) in [4.78, 5) is 9.65. The number of carbonyl (C=O) groups is 1. The molecule has 0 atom stereocenters. The van der Waals surface area contributed by atoms with Crippen molar-refractivity contribution in [2.24, 2.45) is 5.14 Å². The summed E-state index contributed by atoms with van der Waals surface area (Å²) in [5.74, 6) is -1.48. The molecule has 4 rings (SSSR count). The van der Waals surface area contributed by atoms with Gasteiger partial charge in [0.25, 0.3) is 20.0 Å². The second kappa shape index (κ2) is 20.1. The zero-order valence-corrected chi connectivity index (χ0v) is 29.8. The molecule has 0 unspecified atom stereocenters. The first-order valence-corrected chi connectivity index (χ1v) is 17.7. The molecule has 2 heterocycles. The third kappa shape index (κ3) is 15.5. The van der Waals surface area contributed by atoms with E-state index in [9.17, 15) is 30.0 Å². The fourth-order valence-electron chi connectivity index (χ4n) is 3.86. The first-order valence-electron chi connectivity index (χ1n) is 20.7. The van der Waals surface area contributed by atoms with E-state index >= 15 is 0 Å². The van der Waals surface area contributed by atoms with Crippen LogP contribution in [0.3, 0.4) is 0 Å². The van der Waals surface area contributed by atoms with Crippen LogP contribution in [0.4, 0.5) is 13.2 Å². The molecule has 0 aliphatic rings. The number of likely N-dealkylation sites (N-methyl/N-ethyl adjacent to an activating group) is 2. The summed E-state index contributed by atoms with van der Waals surface area (Å²) in [6.07, 6.45) is -2.43. The molecule has 21 heteroatoms. The van der Waals surface area contributed by atoms with Gasteiger partial charge in [-0.15, -0.1) is 0 Å². The Balaban J connectivity index is 0.000000446. The van der Waals surface area contributed by atoms with Gasteiger partial charge in [0.05, 0.1) is 27.3 Å². The van der Waals surface area contributed by atoms with Gasteiger partial charge >= 0.3 is 12.1 Å². The number of carboxylic acid groups (broad SMARTS) is 1. The van der Waals surface area contributed by atoms with Crippen LogP contribution in [0, 0.1) is 0 Å². The van der Waals surface area contributed by atoms with E-state index in [0.717, 1.165) is 21.9 Å². The number of alkyl halides is 3. The number of methoxy groups -OCH3 is 2. The maximum Gasteiger partial charge on any atom is 0.490 e. The number of hydrogen-bond donors (Lipinski definition) is 2. The molecule has 0 radical (unpaired) electrons. The maximum absolute atomic E-state index is 13.7. The molecule has 4 aromatic rings. The zero-order valence-electron chi connectivity index (χ0n) is 40.1. The summed E-state index contributed by atoms with van der Waals surface area (Å²) >= 11 is 0. The summed E-state index contributed by atoms with van der Waals surface area (Å²) in [5.41, 5.74) is 1.46. The molecule has 3 N–H and O–H groups in total. The van der Waals surface area contributed by atoms with E-state index in [1.54, 1.807) is 62.8 Å². The van der Waals surface area contributed by atoms with Gasteiger partial charge < -0.3 is 24.4 Å². The van der Waals surface area contributed by atoms with Crippen molar-refractivity contribution in [2.45, 2.75) is 42.4 Å². The summed E-state index contributed by atoms with van der Waals surface area (Å²) in [6, 6.07) is 16.5. The van der Waals surface area contributed by atoms with Crippen LogP contribution < -0.4 is 14.6 Å². The van der Waals surface area contributed by atoms with E-state index < -0.39 is 60.1 Å². The molecule has 0 saturated carbocycles. The fourth-order valence-corrected chi connectivity index (χ4v) is 5.67. The van der Waals surface area contributed by atoms with Gasteiger partial charge in [-0.05, 0) is 75.4 Å². The van der Waals surface area contributed by atoms with Gasteiger partial charge in [0.1, 0.15) is 11.5 Å². The molecule has 0 aliphatic carbocycles. The Morgan fingerprint density at radius 2 is 1.15 bits per heavy atom. The normalized spacial score (nSPS) is 16.2. The lowest BCUT2D eigenvalue weighted by Gasteiger charge is -2.21. The minimum Gasteiger partial charge on any atom is -0.497 e. The third-order valence-corrected chi connectivity index (χ3v) is 9.00. The Morgan fingerprint density at radius 1 is 0.774 bits per heavy atom. The lowest BCUT2D eigenvalue weighted by Crippen LogP contribution is -2.31. The average Bonchev–Trinajstić information content (AvgIpc) is 3.84. The van der Waals surface area contributed by atoms with Crippen LogP contribution >= 0.6 is 0 Å². The van der Waals surface area contributed by atoms with E-state index in [2.05, 4.69) is 10.2 Å². The molecule has 2 aromatic carbocycles. The van der Waals surface area contributed by atoms with Crippen molar-refractivity contribution in [3.8, 4) is 11.5 Å². The third-order valence-electron chi connectivity index (χ3n) is 6.51. The van der Waals surface area contributed by atoms with Gasteiger partial charge in [-0.1, -0.05) is 24.3 Å². The standard InChI is InChI=1S/C23H30N4O4S.C7H14N4O2S.C2HF3O2/c1-25(2)15-16-26-14-13-23(24-26)32(28,29)27(17-19-5-9-21(30-3)10-6-19)18-20-7-11-22(31-4)12-8-20;1-10(2)5-6-11-4-3-7(9-11)14(8,12)13;3-2(4,5)1(6)7/h5-14H,15-18H2,1-4H3;3-4H,5-6H2,1-2H3,(H2,8,12,13);(H,6,7)/i2*1D3,2D3;. The van der Waals surface area contributed by atoms with Gasteiger partial charge in [0.2, 0.25) is 0 Å². The first-order chi connectivity index (χ1) is 29.5. The highest BCUT2D eigenvalue weighted by Gasteiger charge is 2.38. The van der Waals surface area contributed by atoms with Crippen LogP contribution in [-0.2, 0) is 51.0 Å². The number of aromatic nitrogens is 4. The van der Waals surface area contributed by atoms with Crippen molar-refractivity contribution in [2.75, 3.05) is 55.2 Å². The Kier molecular flexibility index (Phi) is 10.9. The molecular weight excluding hydrogens is 746 g/mol. The highest BCUT2D eigenvalue weighted by molar-refractivity contribution is 7.89. The number of benzene rings is 2. The molecule has 0 amide bonds. The minimum absolute atomic E-state index is 0.0527. The summed E-state index contributed by atoms with van der Waals surface area (Å²) in [6.45, 7) is -12.1. The molecule has 0 saturated heterocycles. The summed E-state index contributed by atoms with van der Waals surface area (Å²) in [5, 5.41) is 19.1. The van der Waals surface area contributed by atoms with Gasteiger partial charge in [-0.2, -0.15) is 27.7 Å². The molecule has 53 heavy (non-hydrogen) atoms. The van der Waals surface area contributed by atoms with Crippen LogP contribution in [0.2, 0.25) is 0 Å². The predicted molar refractivity (Wildman–Crippen MR) is 189 cm³/mol. The molecule has 0 spiro atoms. The van der Waals surface area contributed by atoms with Crippen molar-refractivity contribution >= 4 is 26.0 Å². The molecule has 0 fully saturated rings. The number of sulfonamides is 2. The quantitative estimate of drug-likeness (QED) is 0.179. The van der Waals surface area contributed by atoms with Gasteiger partial charge in [-0.25, -0.2) is 26.8 Å². The summed E-state index contributed by atoms with van der Waals surface area (Å²) < 4.78 is 183. The van der Waals surface area contributed by atoms with Crippen molar-refractivity contribution in [1.29, 1.82) is 0 Å². The van der Waals surface area contributed by atoms with Gasteiger partial charge in [0.15, 0.2) is 10.1 Å². The van der Waals surface area contributed by atoms with Gasteiger partial charge in [-0.3, -0.25) is 9.36 Å². The first kappa shape index (κ1) is 28.9. The molecule has 2 aromatic heterocycles. The van der Waals surface area contributed by atoms with Crippen LogP contribution in [0.5, 0.6) is 11.5 Å². The smallest absolute Gasteiger partial charge is 0.490 e. The van der Waals surface area contributed by atoms with E-state index in [0.29, 0.717) is 21.3 Å². The number of nitrogens with zero attached hydrogens (tertiary/aromatic N) is 7. The lowest BCUT2D eigenvalue weighted by molar-refractivity contribution is -0.192. The van der Waals surface area contributed by atoms with Crippen molar-refractivity contribution < 1.29 is 65.8 Å². The Hall–Kier alpha value is -4.54. The average molecular weight is 803 g/mol. The number of rotatable bonds is 15. The second-order valence-corrected chi connectivity index (χ2v) is 13.8. The number of primary sulfonamides is 1. The van der Waals surface area contributed by atoms with Crippen LogP contribution in [0.1, 0.15) is 27.6 Å². The molecular formula is C32H45F3N8O8S2. The Bertz CT molecular complexity index is 2280. The lowest BCUT2D eigenvalue weighted by atomic mass is 10.2. The SMILES string of the molecule is O=C(O)C(F)(F)F.[2H]C([2H])([2H])N(CCn1ccc(S(=O)(=O)N(Cc2ccc(OC)cc2)Cc2ccc(OC)cc2)n1)C([2H])([2H])[2H].[2H]C([2H])([2H])N(CCn1ccc(S(N)(=O)=O)n1)C([2H])([2H])[2H]. The van der Waals surface area contributed by atoms with Crippen molar-refractivity contribution in [3.05, 3.63) is 84.2 Å². The van der Waals surface area contributed by atoms with E-state index in [1.807, 2.05) is 0 Å². The summed E-state index contributed by atoms with van der Waals surface area (Å²) in [7, 11) is -4.96. The molecule has 294 valence electrons. The van der Waals surface area contributed by atoms with Crippen LogP contribution in [-0.4, -0.2) is 123 Å². The zero-order chi connectivity index (χ0) is 50.0. The molecule has 0 bridgehead atoms. The number of ether oxygens (including phenoxy) is 2.